The van der Waals surface area contributed by atoms with Gasteiger partial charge in [0, 0.05) is 48.1 Å². The second-order valence-corrected chi connectivity index (χ2v) is 30.1. The number of nitrogens with zero attached hydrogens (tertiary/aromatic N) is 6. The van der Waals surface area contributed by atoms with Gasteiger partial charge in [-0.1, -0.05) is 324 Å². The highest BCUT2D eigenvalue weighted by atomic mass is 32.1. The van der Waals surface area contributed by atoms with Crippen molar-refractivity contribution in [3.05, 3.63) is 421 Å². The van der Waals surface area contributed by atoms with E-state index in [-0.39, 0.29) is 14.9 Å². The number of hydrogen-bond donors (Lipinski definition) is 0. The summed E-state index contributed by atoms with van der Waals surface area (Å²) in [5.41, 5.74) is 23.6. The number of para-hydroxylation sites is 3. The van der Waals surface area contributed by atoms with Crippen molar-refractivity contribution in [3.63, 3.8) is 0 Å². The second kappa shape index (κ2) is 25.7. The Morgan fingerprint density at radius 3 is 1.14 bits per heavy atom. The summed E-state index contributed by atoms with van der Waals surface area (Å²) < 4.78 is 13.6. The summed E-state index contributed by atoms with van der Waals surface area (Å²) in [5, 5.41) is 11.7. The number of aromatic nitrogens is 6. The lowest BCUT2D eigenvalue weighted by Gasteiger charge is -2.33. The molecule has 0 bridgehead atoms. The summed E-state index contributed by atoms with van der Waals surface area (Å²) >= 11 is 1.77. The second-order valence-electron chi connectivity index (χ2n) is 29.0. The Morgan fingerprint density at radius 1 is 0.268 bits per heavy atom. The molecular formula is C104H70N6OS. The number of benzene rings is 16. The molecule has 24 rings (SSSR count). The van der Waals surface area contributed by atoms with E-state index in [4.69, 9.17) is 24.4 Å². The Bertz CT molecular complexity index is 7020. The van der Waals surface area contributed by atoms with Crippen LogP contribution in [0.15, 0.2) is 381 Å². The predicted molar refractivity (Wildman–Crippen MR) is 467 cm³/mol. The molecule has 22 aromatic rings. The fraction of sp³-hybridized carbons (Fsp3) is 0.0385. The quantitative estimate of drug-likeness (QED) is 0.152. The Balaban J connectivity index is 0.000000139. The first-order valence-electron chi connectivity index (χ1n) is 37.5. The molecule has 6 aromatic heterocycles. The van der Waals surface area contributed by atoms with Crippen molar-refractivity contribution < 1.29 is 4.42 Å². The topological polar surface area (TPSA) is 74.6 Å². The van der Waals surface area contributed by atoms with E-state index < -0.39 is 10.8 Å². The van der Waals surface area contributed by atoms with E-state index in [1.54, 1.807) is 11.3 Å². The van der Waals surface area contributed by atoms with Crippen molar-refractivity contribution in [2.75, 3.05) is 0 Å². The van der Waals surface area contributed by atoms with E-state index in [0.29, 0.717) is 11.4 Å². The van der Waals surface area contributed by atoms with Crippen LogP contribution in [0.5, 0.6) is 0 Å². The van der Waals surface area contributed by atoms with Crippen molar-refractivity contribution >= 4 is 119 Å². The third kappa shape index (κ3) is 9.58. The van der Waals surface area contributed by atoms with Gasteiger partial charge in [0.05, 0.1) is 43.1 Å². The summed E-state index contributed by atoms with van der Waals surface area (Å²) in [6.45, 7) is 0. The molecule has 0 atom stereocenters. The lowest BCUT2D eigenvalue weighted by Crippen LogP contribution is -2.28. The highest BCUT2D eigenvalue weighted by molar-refractivity contribution is 7.26. The minimum absolute atomic E-state index is 0. The molecule has 0 spiro atoms. The number of furan rings is 1. The summed E-state index contributed by atoms with van der Waals surface area (Å²) in [6.07, 6.45) is 0. The summed E-state index contributed by atoms with van der Waals surface area (Å²) in [5.74, 6) is 3.00. The van der Waals surface area contributed by atoms with Crippen LogP contribution >= 0.6 is 11.3 Å². The van der Waals surface area contributed by atoms with Gasteiger partial charge in [0.25, 0.3) is 0 Å². The van der Waals surface area contributed by atoms with Gasteiger partial charge in [0.2, 0.25) is 0 Å². The van der Waals surface area contributed by atoms with Crippen molar-refractivity contribution in [1.82, 2.24) is 29.1 Å². The van der Waals surface area contributed by atoms with Gasteiger partial charge < -0.3 is 4.42 Å². The highest BCUT2D eigenvalue weighted by Gasteiger charge is 2.48. The zero-order valence-corrected chi connectivity index (χ0v) is 60.1. The highest BCUT2D eigenvalue weighted by Crippen LogP contribution is 2.59. The first-order valence-corrected chi connectivity index (χ1v) is 38.3. The molecule has 0 N–H and O–H groups in total. The zero-order chi connectivity index (χ0) is 72.2. The van der Waals surface area contributed by atoms with Crippen LogP contribution in [0.1, 0.15) is 59.4 Å². The Labute approximate surface area is 650 Å². The largest absolute Gasteiger partial charge is 0.450 e. The van der Waals surface area contributed by atoms with Crippen molar-refractivity contribution in [1.29, 1.82) is 0 Å². The first kappa shape index (κ1) is 66.1. The fourth-order valence-corrected chi connectivity index (χ4v) is 19.8. The molecule has 6 heterocycles. The van der Waals surface area contributed by atoms with E-state index >= 15 is 0 Å². The molecule has 0 amide bonds. The molecule has 0 saturated carbocycles. The molecule has 112 heavy (non-hydrogen) atoms. The fourth-order valence-electron chi connectivity index (χ4n) is 18.7. The van der Waals surface area contributed by atoms with Gasteiger partial charge in [0.1, 0.15) is 11.1 Å². The molecule has 0 radical (unpaired) electrons. The van der Waals surface area contributed by atoms with E-state index in [0.717, 1.165) is 82.7 Å². The summed E-state index contributed by atoms with van der Waals surface area (Å²) in [7, 11) is 0. The number of fused-ring (bicyclic) bond motifs is 20. The summed E-state index contributed by atoms with van der Waals surface area (Å²) in [4.78, 5) is 21.8. The van der Waals surface area contributed by atoms with Crippen LogP contribution in [-0.4, -0.2) is 29.1 Å². The average Bonchev–Trinajstić information content (AvgIpc) is 1.54. The molecule has 8 heteroatoms. The van der Waals surface area contributed by atoms with Crippen LogP contribution in [0.3, 0.4) is 0 Å². The molecule has 2 aliphatic rings. The monoisotopic (exact) mass is 1450 g/mol. The average molecular weight is 1450 g/mol. The molecule has 0 unspecified atom stereocenters. The van der Waals surface area contributed by atoms with Crippen LogP contribution in [0.2, 0.25) is 0 Å². The molecule has 7 nitrogen and oxygen atoms in total. The predicted octanol–water partition coefficient (Wildman–Crippen LogP) is 27.1. The van der Waals surface area contributed by atoms with Gasteiger partial charge >= 0.3 is 0 Å². The van der Waals surface area contributed by atoms with Crippen LogP contribution < -0.4 is 0 Å². The van der Waals surface area contributed by atoms with Crippen LogP contribution in [0, 0.1) is 0 Å². The molecule has 16 aromatic carbocycles. The van der Waals surface area contributed by atoms with Crippen molar-refractivity contribution in [2.45, 2.75) is 25.7 Å². The van der Waals surface area contributed by atoms with Crippen LogP contribution in [0.25, 0.3) is 164 Å². The van der Waals surface area contributed by atoms with Gasteiger partial charge in [-0.2, -0.15) is 0 Å². The normalized spacial score (nSPS) is 13.0. The van der Waals surface area contributed by atoms with Gasteiger partial charge in [0.15, 0.2) is 28.9 Å². The van der Waals surface area contributed by atoms with Gasteiger partial charge in [-0.25, -0.2) is 19.9 Å². The van der Waals surface area contributed by atoms with Gasteiger partial charge in [-0.15, -0.1) is 11.3 Å². The van der Waals surface area contributed by atoms with Gasteiger partial charge in [-0.05, 0) is 155 Å². The third-order valence-electron chi connectivity index (χ3n) is 23.3. The standard InChI is InChI=1S/C51H31N3O.C51H31N3S.2CH4/c2*1-3-17-35(18-4-1)51(36-19-5-2-6-20-36)42-24-12-9-21-37(42)40-30-34(27-28-43(40)51)49-52-47-39-23-11-14-26-46(39)55-48(47)50(53-49)54-44-25-13-10-22-38(44)41-29-32-15-7-8-16-33(32)31-45(41)54;;/h2*1-31H;2*1H4. The smallest absolute Gasteiger partial charge is 0.197 e. The maximum Gasteiger partial charge on any atom is 0.197 e. The van der Waals surface area contributed by atoms with E-state index in [9.17, 15) is 0 Å². The molecular weight excluding hydrogens is 1380 g/mol. The van der Waals surface area contributed by atoms with Crippen LogP contribution in [-0.2, 0) is 10.8 Å². The SMILES string of the molecule is C.C.c1ccc(C2(c3ccccc3)c3ccccc3-c3cc(-c4nc(-n5c6ccccc6c6cc7ccccc7cc65)c5oc6ccccc6c5n4)ccc32)cc1.c1ccc(C2(c3ccccc3)c3ccccc3-c3cc(-c4nc(-n5c6ccccc6c6cc7ccccc7cc65)c5sc6ccccc6c5n4)ccc32)cc1. The molecule has 0 aliphatic heterocycles. The minimum Gasteiger partial charge on any atom is -0.450 e. The van der Waals surface area contributed by atoms with E-state index in [1.165, 1.54) is 115 Å². The molecule has 0 saturated heterocycles. The number of rotatable bonds is 8. The lowest BCUT2D eigenvalue weighted by atomic mass is 9.67. The number of thiophene rings is 1. The van der Waals surface area contributed by atoms with E-state index in [1.807, 2.05) is 18.2 Å². The Kier molecular flexibility index (Phi) is 15.2. The minimum atomic E-state index is -0.477. The van der Waals surface area contributed by atoms with Crippen molar-refractivity contribution in [3.8, 4) is 56.7 Å². The lowest BCUT2D eigenvalue weighted by molar-refractivity contribution is 0.662. The molecule has 528 valence electrons. The number of hydrogen-bond acceptors (Lipinski definition) is 6. The van der Waals surface area contributed by atoms with Crippen molar-refractivity contribution in [2.24, 2.45) is 0 Å². The molecule has 2 aliphatic carbocycles. The maximum absolute atomic E-state index is 6.68. The Morgan fingerprint density at radius 2 is 0.643 bits per heavy atom. The van der Waals surface area contributed by atoms with Gasteiger partial charge in [-0.3, -0.25) is 9.13 Å². The van der Waals surface area contributed by atoms with E-state index in [2.05, 4.69) is 367 Å². The first-order chi connectivity index (χ1) is 54.5. The zero-order valence-electron chi connectivity index (χ0n) is 59.3. The van der Waals surface area contributed by atoms with Crippen LogP contribution in [0.4, 0.5) is 0 Å². The maximum atomic E-state index is 6.68. The summed E-state index contributed by atoms with van der Waals surface area (Å²) in [6, 6.07) is 136. The third-order valence-corrected chi connectivity index (χ3v) is 24.5. The Hall–Kier alpha value is -14.2. The molecule has 0 fully saturated rings.